The molecule has 0 atom stereocenters. The number of hydrogen-bond acceptors (Lipinski definition) is 3. The van der Waals surface area contributed by atoms with Gasteiger partial charge in [0.1, 0.15) is 0 Å². The second-order valence-electron chi connectivity index (χ2n) is 4.66. The molecule has 1 N–H and O–H groups in total. The summed E-state index contributed by atoms with van der Waals surface area (Å²) in [4.78, 5) is 10.6. The summed E-state index contributed by atoms with van der Waals surface area (Å²) in [6.45, 7) is 4.35. The Labute approximate surface area is 126 Å². The zero-order chi connectivity index (χ0) is 14.7. The summed E-state index contributed by atoms with van der Waals surface area (Å²) < 4.78 is 0.987. The lowest BCUT2D eigenvalue weighted by molar-refractivity contribution is -0.385. The van der Waals surface area contributed by atoms with E-state index in [-0.39, 0.29) is 10.6 Å². The molecule has 5 heteroatoms. The Hall–Kier alpha value is -1.88. The predicted octanol–water partition coefficient (Wildman–Crippen LogP) is 4.59. The third kappa shape index (κ3) is 3.17. The first kappa shape index (κ1) is 14.5. The fourth-order valence-corrected chi connectivity index (χ4v) is 2.65. The van der Waals surface area contributed by atoms with Crippen molar-refractivity contribution in [2.45, 2.75) is 20.4 Å². The van der Waals surface area contributed by atoms with Crippen molar-refractivity contribution in [3.63, 3.8) is 0 Å². The fraction of sp³-hybridized carbons (Fsp3) is 0.200. The van der Waals surface area contributed by atoms with E-state index in [1.165, 1.54) is 11.6 Å². The Kier molecular flexibility index (Phi) is 4.39. The van der Waals surface area contributed by atoms with Gasteiger partial charge in [-0.3, -0.25) is 10.1 Å². The standard InChI is InChI=1S/C15H15BrN2O2/c1-10-6-7-14(13(16)8-10)17-9-12-4-3-5-15(11(12)2)18(19)20/h3-8,17H,9H2,1-2H3. The van der Waals surface area contributed by atoms with Crippen molar-refractivity contribution >= 4 is 27.3 Å². The summed E-state index contributed by atoms with van der Waals surface area (Å²) in [5, 5.41) is 14.2. The highest BCUT2D eigenvalue weighted by atomic mass is 79.9. The Balaban J connectivity index is 2.19. The summed E-state index contributed by atoms with van der Waals surface area (Å²) in [6.07, 6.45) is 0. The molecule has 0 fully saturated rings. The first-order valence-electron chi connectivity index (χ1n) is 6.22. The molecule has 2 rings (SSSR count). The molecule has 104 valence electrons. The highest BCUT2D eigenvalue weighted by Gasteiger charge is 2.12. The van der Waals surface area contributed by atoms with E-state index in [4.69, 9.17) is 0 Å². The van der Waals surface area contributed by atoms with Crippen LogP contribution in [-0.4, -0.2) is 4.92 Å². The minimum atomic E-state index is -0.347. The molecule has 0 saturated heterocycles. The second kappa shape index (κ2) is 6.05. The van der Waals surface area contributed by atoms with E-state index < -0.39 is 0 Å². The summed E-state index contributed by atoms with van der Waals surface area (Å²) in [5.41, 5.74) is 3.93. The van der Waals surface area contributed by atoms with Crippen molar-refractivity contribution in [2.24, 2.45) is 0 Å². The number of benzene rings is 2. The first-order valence-corrected chi connectivity index (χ1v) is 7.01. The van der Waals surface area contributed by atoms with Crippen LogP contribution in [0, 0.1) is 24.0 Å². The summed E-state index contributed by atoms with van der Waals surface area (Å²) >= 11 is 3.51. The van der Waals surface area contributed by atoms with E-state index >= 15 is 0 Å². The van der Waals surface area contributed by atoms with Crippen molar-refractivity contribution in [1.29, 1.82) is 0 Å². The Morgan fingerprint density at radius 2 is 2.00 bits per heavy atom. The number of rotatable bonds is 4. The number of halogens is 1. The van der Waals surface area contributed by atoms with Gasteiger partial charge in [0, 0.05) is 28.3 Å². The second-order valence-corrected chi connectivity index (χ2v) is 5.51. The maximum absolute atomic E-state index is 10.9. The maximum Gasteiger partial charge on any atom is 0.272 e. The lowest BCUT2D eigenvalue weighted by atomic mass is 10.1. The lowest BCUT2D eigenvalue weighted by Crippen LogP contribution is -2.03. The van der Waals surface area contributed by atoms with Gasteiger partial charge in [-0.25, -0.2) is 0 Å². The molecular formula is C15H15BrN2O2. The summed E-state index contributed by atoms with van der Waals surface area (Å²) in [7, 11) is 0. The Morgan fingerprint density at radius 3 is 2.65 bits per heavy atom. The number of nitrogens with one attached hydrogen (secondary N) is 1. The van der Waals surface area contributed by atoms with Crippen LogP contribution in [0.1, 0.15) is 16.7 Å². The van der Waals surface area contributed by atoms with Crippen LogP contribution in [0.15, 0.2) is 40.9 Å². The van der Waals surface area contributed by atoms with E-state index in [2.05, 4.69) is 21.2 Å². The minimum Gasteiger partial charge on any atom is -0.380 e. The number of aryl methyl sites for hydroxylation is 1. The third-order valence-electron chi connectivity index (χ3n) is 3.21. The van der Waals surface area contributed by atoms with Gasteiger partial charge in [0.15, 0.2) is 0 Å². The van der Waals surface area contributed by atoms with Crippen molar-refractivity contribution < 1.29 is 4.92 Å². The van der Waals surface area contributed by atoms with Gasteiger partial charge in [-0.1, -0.05) is 18.2 Å². The monoisotopic (exact) mass is 334 g/mol. The molecule has 0 aromatic heterocycles. The van der Waals surface area contributed by atoms with Crippen molar-refractivity contribution in [1.82, 2.24) is 0 Å². The van der Waals surface area contributed by atoms with Crippen molar-refractivity contribution in [3.05, 3.63) is 67.7 Å². The van der Waals surface area contributed by atoms with Gasteiger partial charge < -0.3 is 5.32 Å². The van der Waals surface area contributed by atoms with Crippen LogP contribution in [0.3, 0.4) is 0 Å². The normalized spacial score (nSPS) is 10.3. The van der Waals surface area contributed by atoms with Gasteiger partial charge in [-0.15, -0.1) is 0 Å². The number of nitrogens with zero attached hydrogens (tertiary/aromatic N) is 1. The highest BCUT2D eigenvalue weighted by Crippen LogP contribution is 2.26. The molecule has 0 aliphatic rings. The SMILES string of the molecule is Cc1ccc(NCc2cccc([N+](=O)[O-])c2C)c(Br)c1. The van der Waals surface area contributed by atoms with Crippen LogP contribution in [-0.2, 0) is 6.54 Å². The van der Waals surface area contributed by atoms with Gasteiger partial charge in [0.25, 0.3) is 5.69 Å². The molecule has 0 aliphatic carbocycles. The van der Waals surface area contributed by atoms with Crippen LogP contribution >= 0.6 is 15.9 Å². The van der Waals surface area contributed by atoms with Gasteiger partial charge >= 0.3 is 0 Å². The Morgan fingerprint density at radius 1 is 1.25 bits per heavy atom. The zero-order valence-electron chi connectivity index (χ0n) is 11.3. The fourth-order valence-electron chi connectivity index (χ4n) is 2.01. The number of nitro groups is 1. The molecule has 0 bridgehead atoms. The largest absolute Gasteiger partial charge is 0.380 e. The van der Waals surface area contributed by atoms with Crippen LogP contribution in [0.4, 0.5) is 11.4 Å². The third-order valence-corrected chi connectivity index (χ3v) is 3.86. The molecule has 0 heterocycles. The topological polar surface area (TPSA) is 55.2 Å². The lowest BCUT2D eigenvalue weighted by Gasteiger charge is -2.11. The first-order chi connectivity index (χ1) is 9.49. The highest BCUT2D eigenvalue weighted by molar-refractivity contribution is 9.10. The summed E-state index contributed by atoms with van der Waals surface area (Å²) in [5.74, 6) is 0. The van der Waals surface area contributed by atoms with E-state index in [0.29, 0.717) is 12.1 Å². The molecule has 0 saturated carbocycles. The molecule has 0 unspecified atom stereocenters. The molecule has 2 aromatic carbocycles. The average molecular weight is 335 g/mol. The molecule has 2 aromatic rings. The summed E-state index contributed by atoms with van der Waals surface area (Å²) in [6, 6.07) is 11.2. The quantitative estimate of drug-likeness (QED) is 0.657. The molecular weight excluding hydrogens is 320 g/mol. The van der Waals surface area contributed by atoms with E-state index in [0.717, 1.165) is 15.7 Å². The molecule has 0 radical (unpaired) electrons. The average Bonchev–Trinajstić information content (AvgIpc) is 2.39. The van der Waals surface area contributed by atoms with Gasteiger partial charge in [-0.05, 0) is 53.0 Å². The minimum absolute atomic E-state index is 0.160. The molecule has 0 aliphatic heterocycles. The predicted molar refractivity (Wildman–Crippen MR) is 84.0 cm³/mol. The van der Waals surface area contributed by atoms with Gasteiger partial charge in [0.05, 0.1) is 4.92 Å². The number of hydrogen-bond donors (Lipinski definition) is 1. The molecule has 4 nitrogen and oxygen atoms in total. The van der Waals surface area contributed by atoms with Crippen molar-refractivity contribution in [3.8, 4) is 0 Å². The van der Waals surface area contributed by atoms with E-state index in [1.807, 2.05) is 31.2 Å². The maximum atomic E-state index is 10.9. The molecule has 0 spiro atoms. The van der Waals surface area contributed by atoms with Crippen LogP contribution in [0.5, 0.6) is 0 Å². The van der Waals surface area contributed by atoms with E-state index in [1.54, 1.807) is 13.0 Å². The number of nitro benzene ring substituents is 1. The van der Waals surface area contributed by atoms with Crippen LogP contribution in [0.2, 0.25) is 0 Å². The molecule has 20 heavy (non-hydrogen) atoms. The Bertz CT molecular complexity index is 656. The van der Waals surface area contributed by atoms with E-state index in [9.17, 15) is 10.1 Å². The smallest absolute Gasteiger partial charge is 0.272 e. The van der Waals surface area contributed by atoms with Crippen LogP contribution < -0.4 is 5.32 Å². The van der Waals surface area contributed by atoms with Crippen molar-refractivity contribution in [2.75, 3.05) is 5.32 Å². The molecule has 0 amide bonds. The number of anilines is 1. The van der Waals surface area contributed by atoms with Gasteiger partial charge in [0.2, 0.25) is 0 Å². The zero-order valence-corrected chi connectivity index (χ0v) is 12.9. The van der Waals surface area contributed by atoms with Gasteiger partial charge in [-0.2, -0.15) is 0 Å². The van der Waals surface area contributed by atoms with Crippen LogP contribution in [0.25, 0.3) is 0 Å².